The molecule has 1 unspecified atom stereocenters. The molecule has 3 heteroatoms. The Morgan fingerprint density at radius 1 is 1.13 bits per heavy atom. The van der Waals surface area contributed by atoms with Crippen LogP contribution in [0.4, 0.5) is 0 Å². The maximum atomic E-state index is 11.0. The molecule has 2 N–H and O–H groups in total. The van der Waals surface area contributed by atoms with E-state index >= 15 is 0 Å². The zero-order valence-corrected chi connectivity index (χ0v) is 9.45. The summed E-state index contributed by atoms with van der Waals surface area (Å²) < 4.78 is 0. The van der Waals surface area contributed by atoms with E-state index in [2.05, 4.69) is 4.90 Å². The summed E-state index contributed by atoms with van der Waals surface area (Å²) in [5.74, 6) is 0.665. The number of hydrogen-bond acceptors (Lipinski definition) is 2. The highest BCUT2D eigenvalue weighted by Gasteiger charge is 2.32. The van der Waals surface area contributed by atoms with Crippen LogP contribution in [0.3, 0.4) is 0 Å². The lowest BCUT2D eigenvalue weighted by Crippen LogP contribution is -2.41. The summed E-state index contributed by atoms with van der Waals surface area (Å²) in [5, 5.41) is 0. The average Bonchev–Trinajstić information content (AvgIpc) is 2.66. The minimum atomic E-state index is -0.169. The van der Waals surface area contributed by atoms with E-state index < -0.39 is 0 Å². The Morgan fingerprint density at radius 3 is 2.53 bits per heavy atom. The van der Waals surface area contributed by atoms with Gasteiger partial charge in [-0.2, -0.15) is 0 Å². The van der Waals surface area contributed by atoms with E-state index in [1.807, 2.05) is 0 Å². The van der Waals surface area contributed by atoms with Crippen LogP contribution in [0.15, 0.2) is 0 Å². The van der Waals surface area contributed by atoms with Crippen LogP contribution >= 0.6 is 0 Å². The zero-order valence-electron chi connectivity index (χ0n) is 9.45. The molecular weight excluding hydrogens is 188 g/mol. The number of nitrogens with two attached hydrogens (primary N) is 1. The van der Waals surface area contributed by atoms with Crippen LogP contribution in [-0.4, -0.2) is 29.9 Å². The molecule has 0 aromatic heterocycles. The molecule has 0 aromatic carbocycles. The summed E-state index contributed by atoms with van der Waals surface area (Å²) in [5.41, 5.74) is 5.28. The smallest absolute Gasteiger partial charge is 0.231 e. The Hall–Kier alpha value is -0.570. The molecule has 2 aliphatic rings. The fourth-order valence-electron chi connectivity index (χ4n) is 3.30. The van der Waals surface area contributed by atoms with Gasteiger partial charge in [0.1, 0.15) is 0 Å². The molecule has 1 saturated carbocycles. The van der Waals surface area contributed by atoms with Gasteiger partial charge in [-0.05, 0) is 38.1 Å². The lowest BCUT2D eigenvalue weighted by Gasteiger charge is -2.33. The monoisotopic (exact) mass is 210 g/mol. The first-order valence-electron chi connectivity index (χ1n) is 6.30. The molecular formula is C12H22N2O. The fraction of sp³-hybridized carbons (Fsp3) is 0.917. The maximum absolute atomic E-state index is 11.0. The number of nitrogens with zero attached hydrogens (tertiary/aromatic N) is 1. The molecule has 1 aliphatic carbocycles. The Bertz CT molecular complexity index is 224. The number of amides is 1. The topological polar surface area (TPSA) is 46.3 Å². The molecule has 0 bridgehead atoms. The molecule has 15 heavy (non-hydrogen) atoms. The fourth-order valence-corrected chi connectivity index (χ4v) is 3.30. The largest absolute Gasteiger partial charge is 0.369 e. The second-order valence-corrected chi connectivity index (χ2v) is 5.04. The third-order valence-corrected chi connectivity index (χ3v) is 3.97. The van der Waals surface area contributed by atoms with Crippen LogP contribution < -0.4 is 5.73 Å². The first kappa shape index (κ1) is 10.9. The highest BCUT2D eigenvalue weighted by atomic mass is 16.1. The number of carbonyl (C=O) groups excluding carboxylic acids is 1. The van der Waals surface area contributed by atoms with Gasteiger partial charge in [-0.1, -0.05) is 19.3 Å². The van der Waals surface area contributed by atoms with E-state index in [9.17, 15) is 4.79 Å². The summed E-state index contributed by atoms with van der Waals surface area (Å²) >= 11 is 0. The van der Waals surface area contributed by atoms with Crippen molar-refractivity contribution in [3.8, 4) is 0 Å². The first-order valence-corrected chi connectivity index (χ1v) is 6.30. The molecule has 0 radical (unpaired) electrons. The van der Waals surface area contributed by atoms with Crippen LogP contribution in [0.25, 0.3) is 0 Å². The quantitative estimate of drug-likeness (QED) is 0.767. The Balaban J connectivity index is 1.91. The van der Waals surface area contributed by atoms with Crippen LogP contribution in [0.1, 0.15) is 44.9 Å². The number of carbonyl (C=O) groups is 1. The van der Waals surface area contributed by atoms with Gasteiger partial charge in [-0.3, -0.25) is 9.69 Å². The van der Waals surface area contributed by atoms with Crippen molar-refractivity contribution in [1.82, 2.24) is 4.90 Å². The second kappa shape index (κ2) is 4.97. The van der Waals surface area contributed by atoms with E-state index in [1.54, 1.807) is 0 Å². The predicted molar refractivity (Wildman–Crippen MR) is 60.4 cm³/mol. The summed E-state index contributed by atoms with van der Waals surface area (Å²) in [7, 11) is 0. The number of hydrogen-bond donors (Lipinski definition) is 1. The van der Waals surface area contributed by atoms with Gasteiger partial charge in [0.2, 0.25) is 5.91 Å². The summed E-state index contributed by atoms with van der Waals surface area (Å²) in [6.07, 6.45) is 9.41. The maximum Gasteiger partial charge on any atom is 0.231 e. The molecule has 2 fully saturated rings. The van der Waals surface area contributed by atoms with Crippen molar-refractivity contribution in [3.63, 3.8) is 0 Å². The van der Waals surface area contributed by atoms with Gasteiger partial charge in [0.15, 0.2) is 0 Å². The second-order valence-electron chi connectivity index (χ2n) is 5.04. The van der Waals surface area contributed by atoms with Crippen molar-refractivity contribution < 1.29 is 4.79 Å². The molecule has 0 spiro atoms. The van der Waals surface area contributed by atoms with E-state index in [-0.39, 0.29) is 5.91 Å². The van der Waals surface area contributed by atoms with E-state index in [0.29, 0.717) is 12.6 Å². The van der Waals surface area contributed by atoms with Crippen LogP contribution in [-0.2, 0) is 4.79 Å². The number of primary amides is 1. The Morgan fingerprint density at radius 2 is 1.87 bits per heavy atom. The summed E-state index contributed by atoms with van der Waals surface area (Å²) in [4.78, 5) is 13.3. The minimum Gasteiger partial charge on any atom is -0.369 e. The molecule has 2 rings (SSSR count). The first-order chi connectivity index (χ1) is 7.27. The highest BCUT2D eigenvalue weighted by molar-refractivity contribution is 5.76. The summed E-state index contributed by atoms with van der Waals surface area (Å²) in [6.45, 7) is 1.55. The Labute approximate surface area is 92.0 Å². The van der Waals surface area contributed by atoms with Crippen LogP contribution in [0.5, 0.6) is 0 Å². The Kier molecular flexibility index (Phi) is 3.62. The van der Waals surface area contributed by atoms with Gasteiger partial charge in [0.05, 0.1) is 6.54 Å². The lowest BCUT2D eigenvalue weighted by molar-refractivity contribution is -0.119. The van der Waals surface area contributed by atoms with Gasteiger partial charge in [0, 0.05) is 6.04 Å². The molecule has 1 atom stereocenters. The van der Waals surface area contributed by atoms with Crippen molar-refractivity contribution in [2.75, 3.05) is 13.1 Å². The SMILES string of the molecule is NC(=O)CN1CCCC1C1CCCCC1. The van der Waals surface area contributed by atoms with E-state index in [1.165, 1.54) is 44.9 Å². The van der Waals surface area contributed by atoms with Gasteiger partial charge >= 0.3 is 0 Å². The molecule has 1 heterocycles. The molecule has 1 saturated heterocycles. The van der Waals surface area contributed by atoms with E-state index in [4.69, 9.17) is 5.73 Å². The van der Waals surface area contributed by atoms with Crippen LogP contribution in [0.2, 0.25) is 0 Å². The number of likely N-dealkylation sites (tertiary alicyclic amines) is 1. The summed E-state index contributed by atoms with van der Waals surface area (Å²) in [6, 6.07) is 0.651. The van der Waals surface area contributed by atoms with Gasteiger partial charge in [0.25, 0.3) is 0 Å². The zero-order chi connectivity index (χ0) is 10.7. The van der Waals surface area contributed by atoms with Crippen molar-refractivity contribution in [1.29, 1.82) is 0 Å². The number of rotatable bonds is 3. The molecule has 0 aromatic rings. The van der Waals surface area contributed by atoms with Crippen molar-refractivity contribution in [3.05, 3.63) is 0 Å². The molecule has 1 aliphatic heterocycles. The van der Waals surface area contributed by atoms with Gasteiger partial charge < -0.3 is 5.73 Å². The van der Waals surface area contributed by atoms with Crippen molar-refractivity contribution in [2.24, 2.45) is 11.7 Å². The molecule has 3 nitrogen and oxygen atoms in total. The van der Waals surface area contributed by atoms with E-state index in [0.717, 1.165) is 12.5 Å². The van der Waals surface area contributed by atoms with Gasteiger partial charge in [-0.15, -0.1) is 0 Å². The van der Waals surface area contributed by atoms with Crippen molar-refractivity contribution >= 4 is 5.91 Å². The lowest BCUT2D eigenvalue weighted by atomic mass is 9.83. The van der Waals surface area contributed by atoms with Crippen LogP contribution in [0, 0.1) is 5.92 Å². The highest BCUT2D eigenvalue weighted by Crippen LogP contribution is 2.33. The predicted octanol–water partition coefficient (Wildman–Crippen LogP) is 1.52. The molecule has 86 valence electrons. The average molecular weight is 210 g/mol. The third-order valence-electron chi connectivity index (χ3n) is 3.97. The van der Waals surface area contributed by atoms with Crippen molar-refractivity contribution in [2.45, 2.75) is 51.0 Å². The molecule has 1 amide bonds. The van der Waals surface area contributed by atoms with Gasteiger partial charge in [-0.25, -0.2) is 0 Å². The standard InChI is InChI=1S/C12H22N2O/c13-12(15)9-14-8-4-7-11(14)10-5-2-1-3-6-10/h10-11H,1-9H2,(H2,13,15). The normalized spacial score (nSPS) is 29.5. The minimum absolute atomic E-state index is 0.169. The third kappa shape index (κ3) is 2.71.